The van der Waals surface area contributed by atoms with Crippen molar-refractivity contribution in [1.29, 1.82) is 0 Å². The highest BCUT2D eigenvalue weighted by Gasteiger charge is 2.35. The standard InChI is InChI=1S/C18H26FN3O2/c1-22(9-3-7-15-8-4-10-24-15)18(23)16-12-20-21-17(16)13-5-2-6-14(19)11-13/h2,5-6,11,15-17,20-21H,3-4,7-10,12H2,1H3. The molecule has 2 heterocycles. The Hall–Kier alpha value is -1.50. The van der Waals surface area contributed by atoms with Crippen LogP contribution in [0, 0.1) is 11.7 Å². The minimum Gasteiger partial charge on any atom is -0.378 e. The predicted octanol–water partition coefficient (Wildman–Crippen LogP) is 2.01. The zero-order valence-corrected chi connectivity index (χ0v) is 14.1. The molecule has 0 saturated carbocycles. The van der Waals surface area contributed by atoms with Crippen LogP contribution in [0.3, 0.4) is 0 Å². The van der Waals surface area contributed by atoms with Gasteiger partial charge in [0.05, 0.1) is 18.1 Å². The largest absolute Gasteiger partial charge is 0.378 e. The van der Waals surface area contributed by atoms with E-state index in [1.807, 2.05) is 13.1 Å². The van der Waals surface area contributed by atoms with Crippen molar-refractivity contribution < 1.29 is 13.9 Å². The third-order valence-electron chi connectivity index (χ3n) is 4.93. The highest BCUT2D eigenvalue weighted by Crippen LogP contribution is 2.27. The molecule has 0 aliphatic carbocycles. The van der Waals surface area contributed by atoms with E-state index in [-0.39, 0.29) is 23.7 Å². The van der Waals surface area contributed by atoms with E-state index in [1.165, 1.54) is 12.1 Å². The van der Waals surface area contributed by atoms with Crippen molar-refractivity contribution in [2.24, 2.45) is 5.92 Å². The molecule has 6 heteroatoms. The van der Waals surface area contributed by atoms with Crippen LogP contribution in [-0.4, -0.2) is 43.7 Å². The van der Waals surface area contributed by atoms with E-state index < -0.39 is 0 Å². The molecule has 0 aromatic heterocycles. The minimum absolute atomic E-state index is 0.0918. The smallest absolute Gasteiger partial charge is 0.228 e. The first-order valence-electron chi connectivity index (χ1n) is 8.75. The SMILES string of the molecule is CN(CCCC1CCCO1)C(=O)C1CNNC1c1cccc(F)c1. The second-order valence-electron chi connectivity index (χ2n) is 6.70. The molecule has 2 saturated heterocycles. The maximum absolute atomic E-state index is 13.5. The van der Waals surface area contributed by atoms with E-state index >= 15 is 0 Å². The van der Waals surface area contributed by atoms with Gasteiger partial charge in [-0.3, -0.25) is 10.2 Å². The summed E-state index contributed by atoms with van der Waals surface area (Å²) >= 11 is 0. The number of rotatable bonds is 6. The zero-order valence-electron chi connectivity index (χ0n) is 14.1. The van der Waals surface area contributed by atoms with Crippen LogP contribution in [0.4, 0.5) is 4.39 Å². The Morgan fingerprint density at radius 1 is 1.46 bits per heavy atom. The van der Waals surface area contributed by atoms with Crippen LogP contribution in [0.1, 0.15) is 37.3 Å². The van der Waals surface area contributed by atoms with Gasteiger partial charge in [-0.15, -0.1) is 0 Å². The normalized spacial score (nSPS) is 26.7. The third-order valence-corrected chi connectivity index (χ3v) is 4.93. The van der Waals surface area contributed by atoms with Crippen LogP contribution < -0.4 is 10.9 Å². The number of benzene rings is 1. The Bertz CT molecular complexity index is 563. The summed E-state index contributed by atoms with van der Waals surface area (Å²) in [6, 6.07) is 6.24. The van der Waals surface area contributed by atoms with Crippen molar-refractivity contribution in [1.82, 2.24) is 15.8 Å². The van der Waals surface area contributed by atoms with Crippen molar-refractivity contribution in [2.45, 2.75) is 37.8 Å². The minimum atomic E-state index is -0.280. The number of carbonyl (C=O) groups excluding carboxylic acids is 1. The van der Waals surface area contributed by atoms with Crippen molar-refractivity contribution >= 4 is 5.91 Å². The summed E-state index contributed by atoms with van der Waals surface area (Å²) < 4.78 is 19.1. The van der Waals surface area contributed by atoms with E-state index in [0.717, 1.165) is 44.4 Å². The first kappa shape index (κ1) is 17.3. The zero-order chi connectivity index (χ0) is 16.9. The molecular formula is C18H26FN3O2. The van der Waals surface area contributed by atoms with Gasteiger partial charge in [0.1, 0.15) is 5.82 Å². The topological polar surface area (TPSA) is 53.6 Å². The van der Waals surface area contributed by atoms with E-state index in [1.54, 1.807) is 11.0 Å². The molecule has 132 valence electrons. The number of hydrogen-bond acceptors (Lipinski definition) is 4. The number of halogens is 1. The Balaban J connectivity index is 1.54. The number of nitrogens with zero attached hydrogens (tertiary/aromatic N) is 1. The lowest BCUT2D eigenvalue weighted by Gasteiger charge is -2.25. The van der Waals surface area contributed by atoms with Gasteiger partial charge in [-0.05, 0) is 43.4 Å². The molecule has 3 unspecified atom stereocenters. The molecule has 2 aliphatic heterocycles. The van der Waals surface area contributed by atoms with Crippen molar-refractivity contribution in [3.63, 3.8) is 0 Å². The molecule has 1 amide bonds. The summed E-state index contributed by atoms with van der Waals surface area (Å²) in [5, 5.41) is 0. The van der Waals surface area contributed by atoms with Gasteiger partial charge in [-0.1, -0.05) is 12.1 Å². The van der Waals surface area contributed by atoms with Crippen LogP contribution >= 0.6 is 0 Å². The molecule has 3 rings (SSSR count). The molecule has 3 atom stereocenters. The van der Waals surface area contributed by atoms with Gasteiger partial charge in [0.15, 0.2) is 0 Å². The molecule has 1 aromatic carbocycles. The Labute approximate surface area is 142 Å². The molecule has 2 N–H and O–H groups in total. The van der Waals surface area contributed by atoms with Gasteiger partial charge in [-0.25, -0.2) is 9.82 Å². The number of carbonyl (C=O) groups is 1. The lowest BCUT2D eigenvalue weighted by atomic mass is 9.93. The molecule has 5 nitrogen and oxygen atoms in total. The second-order valence-corrected chi connectivity index (χ2v) is 6.70. The lowest BCUT2D eigenvalue weighted by molar-refractivity contribution is -0.134. The molecule has 2 aliphatic rings. The van der Waals surface area contributed by atoms with Crippen LogP contribution in [0.5, 0.6) is 0 Å². The van der Waals surface area contributed by atoms with Crippen LogP contribution in [0.2, 0.25) is 0 Å². The summed E-state index contributed by atoms with van der Waals surface area (Å²) in [5.74, 6) is -0.411. The highest BCUT2D eigenvalue weighted by molar-refractivity contribution is 5.80. The van der Waals surface area contributed by atoms with Gasteiger partial charge in [0.2, 0.25) is 5.91 Å². The van der Waals surface area contributed by atoms with Crippen LogP contribution in [0.15, 0.2) is 24.3 Å². The molecule has 24 heavy (non-hydrogen) atoms. The maximum Gasteiger partial charge on any atom is 0.228 e. The Morgan fingerprint density at radius 3 is 3.08 bits per heavy atom. The van der Waals surface area contributed by atoms with Crippen LogP contribution in [0.25, 0.3) is 0 Å². The Morgan fingerprint density at radius 2 is 2.33 bits per heavy atom. The number of hydrazine groups is 1. The summed E-state index contributed by atoms with van der Waals surface area (Å²) in [6.07, 6.45) is 4.60. The third kappa shape index (κ3) is 4.12. The molecule has 0 radical (unpaired) electrons. The fourth-order valence-electron chi connectivity index (χ4n) is 3.56. The fraction of sp³-hybridized carbons (Fsp3) is 0.611. The predicted molar refractivity (Wildman–Crippen MR) is 89.6 cm³/mol. The average molecular weight is 335 g/mol. The lowest BCUT2D eigenvalue weighted by Crippen LogP contribution is -2.37. The van der Waals surface area contributed by atoms with E-state index in [4.69, 9.17) is 4.74 Å². The van der Waals surface area contributed by atoms with E-state index in [2.05, 4.69) is 10.9 Å². The monoisotopic (exact) mass is 335 g/mol. The summed E-state index contributed by atoms with van der Waals surface area (Å²) in [4.78, 5) is 14.6. The molecule has 0 spiro atoms. The number of nitrogens with one attached hydrogen (secondary N) is 2. The molecular weight excluding hydrogens is 309 g/mol. The van der Waals surface area contributed by atoms with Gasteiger partial charge < -0.3 is 9.64 Å². The quantitative estimate of drug-likeness (QED) is 0.835. The number of amides is 1. The van der Waals surface area contributed by atoms with Crippen LogP contribution in [-0.2, 0) is 9.53 Å². The summed E-state index contributed by atoms with van der Waals surface area (Å²) in [6.45, 7) is 2.15. The molecule has 0 bridgehead atoms. The maximum atomic E-state index is 13.5. The molecule has 1 aromatic rings. The molecule has 2 fully saturated rings. The van der Waals surface area contributed by atoms with Crippen molar-refractivity contribution in [3.05, 3.63) is 35.6 Å². The van der Waals surface area contributed by atoms with E-state index in [9.17, 15) is 9.18 Å². The summed E-state index contributed by atoms with van der Waals surface area (Å²) in [5.41, 5.74) is 6.94. The fourth-order valence-corrected chi connectivity index (χ4v) is 3.56. The first-order valence-corrected chi connectivity index (χ1v) is 8.75. The van der Waals surface area contributed by atoms with E-state index in [0.29, 0.717) is 12.6 Å². The van der Waals surface area contributed by atoms with Crippen molar-refractivity contribution in [3.8, 4) is 0 Å². The first-order chi connectivity index (χ1) is 11.6. The Kier molecular flexibility index (Phi) is 5.81. The second kappa shape index (κ2) is 8.05. The number of ether oxygens (including phenoxy) is 1. The highest BCUT2D eigenvalue weighted by atomic mass is 19.1. The summed E-state index contributed by atoms with van der Waals surface area (Å²) in [7, 11) is 1.85. The average Bonchev–Trinajstić information content (AvgIpc) is 3.25. The van der Waals surface area contributed by atoms with Gasteiger partial charge in [0.25, 0.3) is 0 Å². The number of hydrogen-bond donors (Lipinski definition) is 2. The van der Waals surface area contributed by atoms with Gasteiger partial charge in [-0.2, -0.15) is 0 Å². The van der Waals surface area contributed by atoms with Gasteiger partial charge >= 0.3 is 0 Å². The van der Waals surface area contributed by atoms with Gasteiger partial charge in [0, 0.05) is 26.7 Å². The van der Waals surface area contributed by atoms with Crippen molar-refractivity contribution in [2.75, 3.05) is 26.7 Å².